The van der Waals surface area contributed by atoms with E-state index in [1.54, 1.807) is 45.0 Å². The average Bonchev–Trinajstić information content (AvgIpc) is 2.76. The van der Waals surface area contributed by atoms with Crippen molar-refractivity contribution in [1.29, 1.82) is 0 Å². The van der Waals surface area contributed by atoms with Crippen molar-refractivity contribution in [2.45, 2.75) is 37.9 Å². The van der Waals surface area contributed by atoms with Gasteiger partial charge in [-0.3, -0.25) is 15.0 Å². The molecular weight excluding hydrogens is 468 g/mol. The molecule has 1 N–H and O–H groups in total. The van der Waals surface area contributed by atoms with E-state index < -0.39 is 21.5 Å². The molecule has 0 aliphatic carbocycles. The number of rotatable bonds is 4. The van der Waals surface area contributed by atoms with Gasteiger partial charge in [-0.1, -0.05) is 23.7 Å². The molecule has 0 bridgehead atoms. The van der Waals surface area contributed by atoms with Crippen LogP contribution in [0.3, 0.4) is 0 Å². The van der Waals surface area contributed by atoms with Gasteiger partial charge in [-0.25, -0.2) is 18.1 Å². The number of benzene rings is 2. The van der Waals surface area contributed by atoms with E-state index >= 15 is 0 Å². The third kappa shape index (κ3) is 4.51. The standard InChI is InChI=1S/C22H23ClN4O5S/c1-13-11-26(12-14(2)32-13)33(30,31)20-10-16(8-9-18(20)23)21(28)25-27-15(3)24-19-7-5-4-6-17(19)22(27)29/h4-10,13-14H,11-12H2,1-3H3,(H,25,28)/t13-,14+. The van der Waals surface area contributed by atoms with E-state index in [1.807, 2.05) is 0 Å². The molecule has 3 aromatic rings. The SMILES string of the molecule is Cc1nc2ccccc2c(=O)n1NC(=O)c1ccc(Cl)c(S(=O)(=O)N2C[C@@H](C)O[C@@H](C)C2)c1. The lowest BCUT2D eigenvalue weighted by atomic mass is 10.2. The van der Waals surface area contributed by atoms with E-state index in [-0.39, 0.29) is 46.6 Å². The first-order chi connectivity index (χ1) is 15.6. The number of hydrogen-bond donors (Lipinski definition) is 1. The molecule has 1 aliphatic rings. The number of morpholine rings is 1. The van der Waals surface area contributed by atoms with Crippen LogP contribution in [0, 0.1) is 6.92 Å². The van der Waals surface area contributed by atoms with Crippen LogP contribution in [0.15, 0.2) is 52.2 Å². The highest BCUT2D eigenvalue weighted by Crippen LogP contribution is 2.28. The minimum atomic E-state index is -3.97. The van der Waals surface area contributed by atoms with E-state index in [0.29, 0.717) is 10.9 Å². The summed E-state index contributed by atoms with van der Waals surface area (Å²) in [6, 6.07) is 10.8. The first-order valence-electron chi connectivity index (χ1n) is 10.3. The Labute approximate surface area is 196 Å². The number of nitrogens with zero attached hydrogens (tertiary/aromatic N) is 3. The molecule has 1 aromatic heterocycles. The molecule has 2 heterocycles. The third-order valence-electron chi connectivity index (χ3n) is 5.35. The van der Waals surface area contributed by atoms with Crippen LogP contribution in [-0.4, -0.2) is 53.6 Å². The molecule has 0 saturated carbocycles. The summed E-state index contributed by atoms with van der Waals surface area (Å²) in [5.74, 6) is -0.390. The fourth-order valence-corrected chi connectivity index (χ4v) is 5.94. The smallest absolute Gasteiger partial charge is 0.280 e. The van der Waals surface area contributed by atoms with Crippen LogP contribution in [-0.2, 0) is 14.8 Å². The largest absolute Gasteiger partial charge is 0.373 e. The van der Waals surface area contributed by atoms with Crippen LogP contribution in [0.2, 0.25) is 5.02 Å². The summed E-state index contributed by atoms with van der Waals surface area (Å²) in [4.78, 5) is 30.0. The monoisotopic (exact) mass is 490 g/mol. The number of aryl methyl sites for hydroxylation is 1. The fraction of sp³-hybridized carbons (Fsp3) is 0.318. The quantitative estimate of drug-likeness (QED) is 0.601. The van der Waals surface area contributed by atoms with Gasteiger partial charge in [0.2, 0.25) is 10.0 Å². The number of para-hydroxylation sites is 1. The maximum absolute atomic E-state index is 13.3. The lowest BCUT2D eigenvalue weighted by molar-refractivity contribution is -0.0440. The molecule has 9 nitrogen and oxygen atoms in total. The van der Waals surface area contributed by atoms with Crippen LogP contribution in [0.25, 0.3) is 10.9 Å². The van der Waals surface area contributed by atoms with Crippen LogP contribution < -0.4 is 11.0 Å². The summed E-state index contributed by atoms with van der Waals surface area (Å²) in [5.41, 5.74) is 2.62. The van der Waals surface area contributed by atoms with Crippen LogP contribution >= 0.6 is 11.6 Å². The zero-order valence-corrected chi connectivity index (χ0v) is 19.9. The van der Waals surface area contributed by atoms with Crippen molar-refractivity contribution in [2.75, 3.05) is 18.5 Å². The number of ether oxygens (including phenoxy) is 1. The Balaban J connectivity index is 1.68. The Morgan fingerprint density at radius 1 is 1.15 bits per heavy atom. The second-order valence-electron chi connectivity index (χ2n) is 7.98. The van der Waals surface area contributed by atoms with Crippen molar-refractivity contribution in [3.63, 3.8) is 0 Å². The van der Waals surface area contributed by atoms with Crippen LogP contribution in [0.1, 0.15) is 30.0 Å². The maximum Gasteiger partial charge on any atom is 0.280 e. The molecule has 2 atom stereocenters. The molecule has 2 aromatic carbocycles. The number of halogens is 1. The lowest BCUT2D eigenvalue weighted by Gasteiger charge is -2.34. The molecule has 0 unspecified atom stereocenters. The Morgan fingerprint density at radius 3 is 2.52 bits per heavy atom. The molecular formula is C22H23ClN4O5S. The van der Waals surface area contributed by atoms with Gasteiger partial charge in [0.25, 0.3) is 11.5 Å². The second kappa shape index (κ2) is 8.86. The highest BCUT2D eigenvalue weighted by molar-refractivity contribution is 7.89. The van der Waals surface area contributed by atoms with Gasteiger partial charge in [0.1, 0.15) is 10.7 Å². The van der Waals surface area contributed by atoms with E-state index in [2.05, 4.69) is 10.4 Å². The van der Waals surface area contributed by atoms with Crippen molar-refractivity contribution in [3.05, 3.63) is 69.2 Å². The van der Waals surface area contributed by atoms with Gasteiger partial charge in [0, 0.05) is 18.7 Å². The van der Waals surface area contributed by atoms with Gasteiger partial charge in [-0.15, -0.1) is 0 Å². The van der Waals surface area contributed by atoms with Crippen molar-refractivity contribution >= 4 is 38.4 Å². The Hall–Kier alpha value is -2.79. The number of carbonyl (C=O) groups is 1. The van der Waals surface area contributed by atoms with Crippen molar-refractivity contribution < 1.29 is 17.9 Å². The minimum absolute atomic E-state index is 0.000864. The number of nitrogens with one attached hydrogen (secondary N) is 1. The number of aromatic nitrogens is 2. The van der Waals surface area contributed by atoms with Crippen LogP contribution in [0.5, 0.6) is 0 Å². The van der Waals surface area contributed by atoms with Crippen molar-refractivity contribution in [3.8, 4) is 0 Å². The predicted octanol–water partition coefficient (Wildman–Crippen LogP) is 2.54. The number of hydrogen-bond acceptors (Lipinski definition) is 6. The van der Waals surface area contributed by atoms with Crippen molar-refractivity contribution in [1.82, 2.24) is 14.0 Å². The molecule has 33 heavy (non-hydrogen) atoms. The third-order valence-corrected chi connectivity index (χ3v) is 7.67. The first kappa shape index (κ1) is 23.4. The Bertz CT molecular complexity index is 1400. The average molecular weight is 491 g/mol. The molecule has 1 aliphatic heterocycles. The van der Waals surface area contributed by atoms with E-state index in [1.165, 1.54) is 22.5 Å². The normalized spacial score (nSPS) is 19.5. The molecule has 174 valence electrons. The number of sulfonamides is 1. The van der Waals surface area contributed by atoms with Gasteiger partial charge in [-0.2, -0.15) is 4.31 Å². The summed E-state index contributed by atoms with van der Waals surface area (Å²) in [5, 5.41) is 0.345. The fourth-order valence-electron chi connectivity index (χ4n) is 3.85. The van der Waals surface area contributed by atoms with Gasteiger partial charge >= 0.3 is 0 Å². The molecule has 11 heteroatoms. The number of amides is 1. The number of carbonyl (C=O) groups excluding carboxylic acids is 1. The van der Waals surface area contributed by atoms with Gasteiger partial charge in [0.05, 0.1) is 28.1 Å². The second-order valence-corrected chi connectivity index (χ2v) is 10.3. The Kier molecular flexibility index (Phi) is 6.28. The van der Waals surface area contributed by atoms with Gasteiger partial charge < -0.3 is 4.74 Å². The molecule has 1 amide bonds. The highest BCUT2D eigenvalue weighted by Gasteiger charge is 2.34. The lowest BCUT2D eigenvalue weighted by Crippen LogP contribution is -2.48. The van der Waals surface area contributed by atoms with Crippen molar-refractivity contribution in [2.24, 2.45) is 0 Å². The van der Waals surface area contributed by atoms with E-state index in [9.17, 15) is 18.0 Å². The first-order valence-corrected chi connectivity index (χ1v) is 12.1. The molecule has 0 radical (unpaired) electrons. The number of fused-ring (bicyclic) bond motifs is 1. The summed E-state index contributed by atoms with van der Waals surface area (Å²) in [6.07, 6.45) is -0.548. The molecule has 1 fully saturated rings. The summed E-state index contributed by atoms with van der Waals surface area (Å²) in [6.45, 7) is 5.53. The summed E-state index contributed by atoms with van der Waals surface area (Å²) < 4.78 is 34.5. The zero-order chi connectivity index (χ0) is 23.9. The van der Waals surface area contributed by atoms with E-state index in [4.69, 9.17) is 16.3 Å². The maximum atomic E-state index is 13.3. The summed E-state index contributed by atoms with van der Waals surface area (Å²) >= 11 is 6.22. The molecule has 0 spiro atoms. The van der Waals surface area contributed by atoms with Gasteiger partial charge in [0.15, 0.2) is 0 Å². The predicted molar refractivity (Wildman–Crippen MR) is 125 cm³/mol. The molecule has 4 rings (SSSR count). The zero-order valence-electron chi connectivity index (χ0n) is 18.3. The van der Waals surface area contributed by atoms with Gasteiger partial charge in [-0.05, 0) is 51.1 Å². The molecule has 1 saturated heterocycles. The minimum Gasteiger partial charge on any atom is -0.373 e. The summed E-state index contributed by atoms with van der Waals surface area (Å²) in [7, 11) is -3.97. The van der Waals surface area contributed by atoms with E-state index in [0.717, 1.165) is 4.68 Å². The topological polar surface area (TPSA) is 111 Å². The van der Waals surface area contributed by atoms with Crippen LogP contribution in [0.4, 0.5) is 0 Å². The highest BCUT2D eigenvalue weighted by atomic mass is 35.5. The Morgan fingerprint density at radius 2 is 1.82 bits per heavy atom.